The molecule has 2 atom stereocenters. The molecule has 0 aromatic heterocycles. The SMILES string of the molecule is NC(=O)C1CC(C(=O)O[C@@H]2CCN(Cc3ccccc3)C2)=NN1c1ccccc1. The van der Waals surface area contributed by atoms with Crippen molar-refractivity contribution in [1.82, 2.24) is 4.90 Å². The summed E-state index contributed by atoms with van der Waals surface area (Å²) in [6.45, 7) is 2.40. The van der Waals surface area contributed by atoms with Gasteiger partial charge in [0.2, 0.25) is 5.91 Å². The number of nitrogens with two attached hydrogens (primary N) is 1. The molecule has 7 nitrogen and oxygen atoms in total. The van der Waals surface area contributed by atoms with E-state index < -0.39 is 17.9 Å². The third kappa shape index (κ3) is 4.46. The number of carbonyl (C=O) groups excluding carboxylic acids is 2. The van der Waals surface area contributed by atoms with E-state index in [0.29, 0.717) is 12.2 Å². The zero-order chi connectivity index (χ0) is 20.2. The van der Waals surface area contributed by atoms with Crippen LogP contribution in [0.15, 0.2) is 65.8 Å². The van der Waals surface area contributed by atoms with Crippen molar-refractivity contribution in [2.24, 2.45) is 10.8 Å². The van der Waals surface area contributed by atoms with Crippen LogP contribution in [0.4, 0.5) is 5.69 Å². The lowest BCUT2D eigenvalue weighted by Gasteiger charge is -2.20. The lowest BCUT2D eigenvalue weighted by molar-refractivity contribution is -0.140. The van der Waals surface area contributed by atoms with Gasteiger partial charge in [0.15, 0.2) is 0 Å². The Labute approximate surface area is 169 Å². The molecule has 2 aromatic rings. The summed E-state index contributed by atoms with van der Waals surface area (Å²) in [7, 11) is 0. The summed E-state index contributed by atoms with van der Waals surface area (Å²) in [5, 5.41) is 5.86. The number of rotatable bonds is 6. The predicted molar refractivity (Wildman–Crippen MR) is 110 cm³/mol. The highest BCUT2D eigenvalue weighted by Crippen LogP contribution is 2.25. The van der Waals surface area contributed by atoms with Crippen molar-refractivity contribution >= 4 is 23.3 Å². The highest BCUT2D eigenvalue weighted by atomic mass is 16.5. The van der Waals surface area contributed by atoms with Crippen LogP contribution < -0.4 is 10.7 Å². The van der Waals surface area contributed by atoms with Gasteiger partial charge in [-0.1, -0.05) is 48.5 Å². The summed E-state index contributed by atoms with van der Waals surface area (Å²) in [6.07, 6.45) is 0.767. The molecule has 0 bridgehead atoms. The molecule has 1 amide bonds. The number of carbonyl (C=O) groups is 2. The Hall–Kier alpha value is -3.19. The minimum Gasteiger partial charge on any atom is -0.456 e. The van der Waals surface area contributed by atoms with Crippen molar-refractivity contribution in [3.63, 3.8) is 0 Å². The molecule has 1 unspecified atom stereocenters. The van der Waals surface area contributed by atoms with Crippen LogP contribution in [0, 0.1) is 0 Å². The number of ether oxygens (including phenoxy) is 1. The van der Waals surface area contributed by atoms with E-state index in [-0.39, 0.29) is 18.2 Å². The topological polar surface area (TPSA) is 88.2 Å². The molecule has 0 spiro atoms. The fourth-order valence-corrected chi connectivity index (χ4v) is 3.77. The first-order chi connectivity index (χ1) is 14.1. The smallest absolute Gasteiger partial charge is 0.354 e. The Bertz CT molecular complexity index is 901. The first-order valence-corrected chi connectivity index (χ1v) is 9.78. The summed E-state index contributed by atoms with van der Waals surface area (Å²) in [5.41, 5.74) is 7.72. The fourth-order valence-electron chi connectivity index (χ4n) is 3.77. The van der Waals surface area contributed by atoms with Gasteiger partial charge in [0.05, 0.1) is 5.69 Å². The Morgan fingerprint density at radius 3 is 2.45 bits per heavy atom. The van der Waals surface area contributed by atoms with Crippen LogP contribution in [0.5, 0.6) is 0 Å². The summed E-state index contributed by atoms with van der Waals surface area (Å²) >= 11 is 0. The van der Waals surface area contributed by atoms with Gasteiger partial charge in [0.25, 0.3) is 0 Å². The summed E-state index contributed by atoms with van der Waals surface area (Å²) in [5.74, 6) is -0.989. The van der Waals surface area contributed by atoms with Crippen molar-refractivity contribution in [2.45, 2.75) is 31.5 Å². The molecular weight excluding hydrogens is 368 g/mol. The second-order valence-electron chi connectivity index (χ2n) is 7.39. The normalized spacial score (nSPS) is 21.8. The van der Waals surface area contributed by atoms with Gasteiger partial charge < -0.3 is 10.5 Å². The van der Waals surface area contributed by atoms with Gasteiger partial charge in [-0.15, -0.1) is 0 Å². The van der Waals surface area contributed by atoms with Crippen molar-refractivity contribution in [3.05, 3.63) is 66.2 Å². The van der Waals surface area contributed by atoms with E-state index in [1.807, 2.05) is 48.5 Å². The molecule has 0 aliphatic carbocycles. The molecule has 0 radical (unpaired) electrons. The number of nitrogens with zero attached hydrogens (tertiary/aromatic N) is 3. The van der Waals surface area contributed by atoms with Gasteiger partial charge in [-0.05, 0) is 24.1 Å². The second-order valence-corrected chi connectivity index (χ2v) is 7.39. The zero-order valence-corrected chi connectivity index (χ0v) is 16.1. The van der Waals surface area contributed by atoms with Gasteiger partial charge in [-0.25, -0.2) is 4.79 Å². The van der Waals surface area contributed by atoms with E-state index in [1.165, 1.54) is 10.6 Å². The summed E-state index contributed by atoms with van der Waals surface area (Å²) in [4.78, 5) is 26.8. The minimum atomic E-state index is -0.682. The van der Waals surface area contributed by atoms with Crippen molar-refractivity contribution in [3.8, 4) is 0 Å². The number of benzene rings is 2. The van der Waals surface area contributed by atoms with E-state index >= 15 is 0 Å². The Balaban J connectivity index is 1.38. The van der Waals surface area contributed by atoms with E-state index in [9.17, 15) is 9.59 Å². The van der Waals surface area contributed by atoms with Crippen LogP contribution in [0.3, 0.4) is 0 Å². The van der Waals surface area contributed by atoms with E-state index in [0.717, 1.165) is 19.5 Å². The molecule has 150 valence electrons. The highest BCUT2D eigenvalue weighted by Gasteiger charge is 2.37. The number of hydrogen-bond donors (Lipinski definition) is 1. The number of amides is 1. The maximum Gasteiger partial charge on any atom is 0.354 e. The molecular formula is C22H24N4O3. The van der Waals surface area contributed by atoms with Gasteiger partial charge in [0.1, 0.15) is 17.9 Å². The predicted octanol–water partition coefficient (Wildman–Crippen LogP) is 1.92. The minimum absolute atomic E-state index is 0.156. The van der Waals surface area contributed by atoms with E-state index in [2.05, 4.69) is 22.1 Å². The quantitative estimate of drug-likeness (QED) is 0.759. The van der Waals surface area contributed by atoms with Crippen molar-refractivity contribution in [1.29, 1.82) is 0 Å². The third-order valence-corrected chi connectivity index (χ3v) is 5.25. The van der Waals surface area contributed by atoms with Crippen LogP contribution in [0.2, 0.25) is 0 Å². The Morgan fingerprint density at radius 2 is 1.76 bits per heavy atom. The summed E-state index contributed by atoms with van der Waals surface area (Å²) < 4.78 is 5.69. The van der Waals surface area contributed by atoms with Crippen molar-refractivity contribution in [2.75, 3.05) is 18.1 Å². The fraction of sp³-hybridized carbons (Fsp3) is 0.318. The molecule has 0 saturated carbocycles. The molecule has 1 fully saturated rings. The maximum atomic E-state index is 12.7. The highest BCUT2D eigenvalue weighted by molar-refractivity contribution is 6.38. The second kappa shape index (κ2) is 8.45. The average Bonchev–Trinajstić information content (AvgIpc) is 3.37. The van der Waals surface area contributed by atoms with E-state index in [1.54, 1.807) is 0 Å². The monoisotopic (exact) mass is 392 g/mol. The number of hydrazone groups is 1. The third-order valence-electron chi connectivity index (χ3n) is 5.25. The van der Waals surface area contributed by atoms with Gasteiger partial charge in [0, 0.05) is 26.1 Å². The number of primary amides is 1. The molecule has 2 aromatic carbocycles. The largest absolute Gasteiger partial charge is 0.456 e. The molecule has 7 heteroatoms. The Kier molecular flexibility index (Phi) is 5.57. The first-order valence-electron chi connectivity index (χ1n) is 9.78. The zero-order valence-electron chi connectivity index (χ0n) is 16.1. The van der Waals surface area contributed by atoms with Gasteiger partial charge in [-0.2, -0.15) is 5.10 Å². The molecule has 2 heterocycles. The molecule has 2 aliphatic heterocycles. The van der Waals surface area contributed by atoms with Crippen LogP contribution >= 0.6 is 0 Å². The average molecular weight is 392 g/mol. The number of hydrogen-bond acceptors (Lipinski definition) is 6. The summed E-state index contributed by atoms with van der Waals surface area (Å²) in [6, 6.07) is 18.8. The lowest BCUT2D eigenvalue weighted by atomic mass is 10.1. The number of likely N-dealkylation sites (tertiary alicyclic amines) is 1. The van der Waals surface area contributed by atoms with Crippen LogP contribution in [-0.2, 0) is 20.9 Å². The molecule has 4 rings (SSSR count). The Morgan fingerprint density at radius 1 is 1.07 bits per heavy atom. The molecule has 1 saturated heterocycles. The maximum absolute atomic E-state index is 12.7. The van der Waals surface area contributed by atoms with Crippen LogP contribution in [-0.4, -0.2) is 47.7 Å². The van der Waals surface area contributed by atoms with E-state index in [4.69, 9.17) is 10.5 Å². The molecule has 2 N–H and O–H groups in total. The number of para-hydroxylation sites is 1. The van der Waals surface area contributed by atoms with Gasteiger partial charge in [-0.3, -0.25) is 14.7 Å². The molecule has 2 aliphatic rings. The van der Waals surface area contributed by atoms with Crippen LogP contribution in [0.25, 0.3) is 0 Å². The van der Waals surface area contributed by atoms with Crippen LogP contribution in [0.1, 0.15) is 18.4 Å². The number of esters is 1. The molecule has 29 heavy (non-hydrogen) atoms. The van der Waals surface area contributed by atoms with Crippen molar-refractivity contribution < 1.29 is 14.3 Å². The van der Waals surface area contributed by atoms with Gasteiger partial charge >= 0.3 is 5.97 Å². The number of anilines is 1. The lowest BCUT2D eigenvalue weighted by Crippen LogP contribution is -2.39. The first kappa shape index (κ1) is 19.1. The standard InChI is InChI=1S/C22H24N4O3/c23-21(27)20-13-19(24-26(20)17-9-5-2-6-10-17)22(28)29-18-11-12-25(15-18)14-16-7-3-1-4-8-16/h1-10,18,20H,11-15H2,(H2,23,27)/t18-,20?/m1/s1.